The minimum absolute atomic E-state index is 0.137. The standard InChI is InChI=1S/C19H28ClNO3S/c1-3-5-6-14(4-2)13-23-17(22)10-12-25-16-9-11-21-19(18(16)20)24-15-7-8-15/h9,11,14-15H,3-8,10,12-13H2,1-2H3. The number of halogens is 1. The molecule has 0 amide bonds. The highest BCUT2D eigenvalue weighted by Gasteiger charge is 2.25. The van der Waals surface area contributed by atoms with Crippen molar-refractivity contribution in [2.45, 2.75) is 69.8 Å². The van der Waals surface area contributed by atoms with Crippen LogP contribution in [0.5, 0.6) is 5.88 Å². The Morgan fingerprint density at radius 2 is 2.24 bits per heavy atom. The number of carbonyl (C=O) groups excluding carboxylic acids is 1. The van der Waals surface area contributed by atoms with E-state index in [1.807, 2.05) is 6.07 Å². The number of thioether (sulfide) groups is 1. The van der Waals surface area contributed by atoms with Gasteiger partial charge in [0.05, 0.1) is 13.0 Å². The van der Waals surface area contributed by atoms with Crippen molar-refractivity contribution < 1.29 is 14.3 Å². The van der Waals surface area contributed by atoms with E-state index in [0.29, 0.717) is 35.6 Å². The summed E-state index contributed by atoms with van der Waals surface area (Å²) in [6.45, 7) is 4.87. The average Bonchev–Trinajstić information content (AvgIpc) is 3.42. The average molecular weight is 386 g/mol. The molecular formula is C19H28ClNO3S. The van der Waals surface area contributed by atoms with Crippen LogP contribution in [0.1, 0.15) is 58.8 Å². The van der Waals surface area contributed by atoms with Crippen LogP contribution in [-0.2, 0) is 9.53 Å². The summed E-state index contributed by atoms with van der Waals surface area (Å²) in [4.78, 5) is 17.0. The number of rotatable bonds is 12. The lowest BCUT2D eigenvalue weighted by Crippen LogP contribution is -2.14. The Labute approximate surface area is 160 Å². The normalized spacial score (nSPS) is 15.0. The van der Waals surface area contributed by atoms with E-state index in [1.165, 1.54) is 24.6 Å². The molecule has 0 radical (unpaired) electrons. The first kappa shape index (κ1) is 20.4. The van der Waals surface area contributed by atoms with Gasteiger partial charge in [0.2, 0.25) is 5.88 Å². The molecule has 1 heterocycles. The third-order valence-electron chi connectivity index (χ3n) is 4.21. The molecule has 4 nitrogen and oxygen atoms in total. The van der Waals surface area contributed by atoms with Crippen molar-refractivity contribution in [3.8, 4) is 5.88 Å². The highest BCUT2D eigenvalue weighted by molar-refractivity contribution is 7.99. The molecule has 0 aromatic carbocycles. The quantitative estimate of drug-likeness (QED) is 0.350. The van der Waals surface area contributed by atoms with Crippen molar-refractivity contribution in [3.63, 3.8) is 0 Å². The van der Waals surface area contributed by atoms with Crippen molar-refractivity contribution >= 4 is 29.3 Å². The van der Waals surface area contributed by atoms with Crippen molar-refractivity contribution in [1.29, 1.82) is 0 Å². The van der Waals surface area contributed by atoms with Crippen molar-refractivity contribution in [3.05, 3.63) is 17.3 Å². The van der Waals surface area contributed by atoms with Gasteiger partial charge in [0, 0.05) is 16.8 Å². The molecule has 1 aliphatic rings. The van der Waals surface area contributed by atoms with Crippen LogP contribution < -0.4 is 4.74 Å². The van der Waals surface area contributed by atoms with E-state index >= 15 is 0 Å². The Morgan fingerprint density at radius 3 is 2.92 bits per heavy atom. The Hall–Kier alpha value is -0.940. The van der Waals surface area contributed by atoms with Gasteiger partial charge in [-0.2, -0.15) is 0 Å². The maximum absolute atomic E-state index is 11.9. The highest BCUT2D eigenvalue weighted by atomic mass is 35.5. The van der Waals surface area contributed by atoms with Crippen LogP contribution in [0.4, 0.5) is 0 Å². The van der Waals surface area contributed by atoms with Gasteiger partial charge in [-0.1, -0.05) is 44.7 Å². The van der Waals surface area contributed by atoms with Gasteiger partial charge in [-0.15, -0.1) is 11.8 Å². The summed E-state index contributed by atoms with van der Waals surface area (Å²) in [7, 11) is 0. The maximum Gasteiger partial charge on any atom is 0.306 e. The van der Waals surface area contributed by atoms with Crippen LogP contribution >= 0.6 is 23.4 Å². The van der Waals surface area contributed by atoms with Gasteiger partial charge >= 0.3 is 5.97 Å². The second-order valence-electron chi connectivity index (χ2n) is 6.44. The molecule has 0 saturated heterocycles. The lowest BCUT2D eigenvalue weighted by molar-refractivity contribution is -0.144. The van der Waals surface area contributed by atoms with Crippen molar-refractivity contribution in [1.82, 2.24) is 4.98 Å². The number of aromatic nitrogens is 1. The van der Waals surface area contributed by atoms with Gasteiger partial charge in [-0.3, -0.25) is 4.79 Å². The molecule has 0 N–H and O–H groups in total. The maximum atomic E-state index is 11.9. The van der Waals surface area contributed by atoms with Gasteiger partial charge in [-0.05, 0) is 31.2 Å². The van der Waals surface area contributed by atoms with Crippen LogP contribution in [0.2, 0.25) is 5.02 Å². The van der Waals surface area contributed by atoms with Crippen LogP contribution in [0.25, 0.3) is 0 Å². The van der Waals surface area contributed by atoms with E-state index in [0.717, 1.165) is 30.6 Å². The topological polar surface area (TPSA) is 48.4 Å². The van der Waals surface area contributed by atoms with Gasteiger partial charge in [0.25, 0.3) is 0 Å². The zero-order valence-electron chi connectivity index (χ0n) is 15.1. The molecule has 0 spiro atoms. The van der Waals surface area contributed by atoms with Crippen molar-refractivity contribution in [2.75, 3.05) is 12.4 Å². The summed E-state index contributed by atoms with van der Waals surface area (Å²) in [6, 6.07) is 1.86. The Balaban J connectivity index is 1.70. The zero-order chi connectivity index (χ0) is 18.1. The summed E-state index contributed by atoms with van der Waals surface area (Å²) >= 11 is 7.88. The molecule has 0 aliphatic heterocycles. The zero-order valence-corrected chi connectivity index (χ0v) is 16.7. The van der Waals surface area contributed by atoms with E-state index in [-0.39, 0.29) is 12.1 Å². The summed E-state index contributed by atoms with van der Waals surface area (Å²) < 4.78 is 11.1. The Kier molecular flexibility index (Phi) is 8.90. The monoisotopic (exact) mass is 385 g/mol. The molecule has 25 heavy (non-hydrogen) atoms. The molecule has 2 rings (SSSR count). The minimum Gasteiger partial charge on any atom is -0.473 e. The van der Waals surface area contributed by atoms with Crippen molar-refractivity contribution in [2.24, 2.45) is 5.92 Å². The van der Waals surface area contributed by atoms with E-state index in [9.17, 15) is 4.79 Å². The summed E-state index contributed by atoms with van der Waals surface area (Å²) in [5.74, 6) is 1.48. The predicted octanol–water partition coefficient (Wildman–Crippen LogP) is 5.52. The fraction of sp³-hybridized carbons (Fsp3) is 0.684. The Morgan fingerprint density at radius 1 is 1.44 bits per heavy atom. The lowest BCUT2D eigenvalue weighted by atomic mass is 10.0. The smallest absolute Gasteiger partial charge is 0.306 e. The highest BCUT2D eigenvalue weighted by Crippen LogP contribution is 2.36. The molecule has 1 aliphatic carbocycles. The van der Waals surface area contributed by atoms with E-state index in [2.05, 4.69) is 18.8 Å². The van der Waals surface area contributed by atoms with E-state index in [4.69, 9.17) is 21.1 Å². The van der Waals surface area contributed by atoms with Gasteiger partial charge < -0.3 is 9.47 Å². The molecule has 1 saturated carbocycles. The number of hydrogen-bond donors (Lipinski definition) is 0. The number of pyridine rings is 1. The molecule has 1 aromatic heterocycles. The molecule has 1 atom stereocenters. The number of unbranched alkanes of at least 4 members (excludes halogenated alkanes) is 1. The summed E-state index contributed by atoms with van der Waals surface area (Å²) in [5.41, 5.74) is 0. The lowest BCUT2D eigenvalue weighted by Gasteiger charge is -2.14. The second kappa shape index (κ2) is 10.9. The van der Waals surface area contributed by atoms with Crippen LogP contribution in [0.15, 0.2) is 17.2 Å². The molecule has 1 fully saturated rings. The van der Waals surface area contributed by atoms with E-state index < -0.39 is 0 Å². The van der Waals surface area contributed by atoms with Crippen LogP contribution in [0.3, 0.4) is 0 Å². The predicted molar refractivity (Wildman–Crippen MR) is 103 cm³/mol. The molecule has 1 unspecified atom stereocenters. The fourth-order valence-corrected chi connectivity index (χ4v) is 3.55. The van der Waals surface area contributed by atoms with Gasteiger partial charge in [-0.25, -0.2) is 4.98 Å². The third-order valence-corrected chi connectivity index (χ3v) is 5.75. The second-order valence-corrected chi connectivity index (χ2v) is 7.96. The number of nitrogens with zero attached hydrogens (tertiary/aromatic N) is 1. The molecular weight excluding hydrogens is 358 g/mol. The molecule has 140 valence electrons. The van der Waals surface area contributed by atoms with Crippen LogP contribution in [-0.4, -0.2) is 29.4 Å². The minimum atomic E-state index is -0.137. The fourth-order valence-electron chi connectivity index (χ4n) is 2.37. The first-order valence-electron chi connectivity index (χ1n) is 9.23. The number of carbonyl (C=O) groups is 1. The summed E-state index contributed by atoms with van der Waals surface area (Å²) in [6.07, 6.45) is 9.04. The van der Waals surface area contributed by atoms with Gasteiger partial charge in [0.15, 0.2) is 0 Å². The summed E-state index contributed by atoms with van der Waals surface area (Å²) in [5, 5.41) is 0.540. The first-order valence-corrected chi connectivity index (χ1v) is 10.6. The first-order chi connectivity index (χ1) is 12.1. The molecule has 6 heteroatoms. The van der Waals surface area contributed by atoms with Crippen LogP contribution in [0, 0.1) is 5.92 Å². The van der Waals surface area contributed by atoms with E-state index in [1.54, 1.807) is 6.20 Å². The molecule has 1 aromatic rings. The Bertz CT molecular complexity index is 551. The number of hydrogen-bond acceptors (Lipinski definition) is 5. The number of esters is 1. The number of ether oxygens (including phenoxy) is 2. The van der Waals surface area contributed by atoms with Gasteiger partial charge in [0.1, 0.15) is 11.1 Å². The molecule has 0 bridgehead atoms. The largest absolute Gasteiger partial charge is 0.473 e. The third kappa shape index (κ3) is 7.45. The SMILES string of the molecule is CCCCC(CC)COC(=O)CCSc1ccnc(OC2CC2)c1Cl.